The summed E-state index contributed by atoms with van der Waals surface area (Å²) in [4.78, 5) is 23.1. The number of ether oxygens (including phenoxy) is 1. The molecule has 2 aliphatic rings. The molecule has 0 bridgehead atoms. The van der Waals surface area contributed by atoms with Gasteiger partial charge in [0.15, 0.2) is 0 Å². The van der Waals surface area contributed by atoms with E-state index in [0.717, 1.165) is 32.1 Å². The molecule has 0 saturated heterocycles. The summed E-state index contributed by atoms with van der Waals surface area (Å²) < 4.78 is 5.53. The fourth-order valence-electron chi connectivity index (χ4n) is 3.29. The zero-order chi connectivity index (χ0) is 14.8. The number of nitrogens with two attached hydrogens (primary N) is 2. The van der Waals surface area contributed by atoms with Crippen molar-refractivity contribution in [3.8, 4) is 0 Å². The maximum atomic E-state index is 12.2. The van der Waals surface area contributed by atoms with Gasteiger partial charge in [0, 0.05) is 0 Å². The fourth-order valence-corrected chi connectivity index (χ4v) is 3.29. The number of carboxylic acid groups (broad SMARTS) is 1. The van der Waals surface area contributed by atoms with E-state index in [-0.39, 0.29) is 18.0 Å². The quantitative estimate of drug-likeness (QED) is 0.657. The minimum absolute atomic E-state index is 0.128. The first-order valence-electron chi connectivity index (χ1n) is 7.41. The standard InChI is InChI=1S/C14H24N2O4/c15-11(12(17)18)9-4-3-5-10(8-9)20-13(19)14(16)6-1-2-7-14/h9-11H,1-8,15-16H2,(H,17,18). The third-order valence-electron chi connectivity index (χ3n) is 4.64. The minimum atomic E-state index is -0.993. The van der Waals surface area contributed by atoms with Gasteiger partial charge in [0.25, 0.3) is 0 Å². The van der Waals surface area contributed by atoms with Crippen molar-refractivity contribution in [3.63, 3.8) is 0 Å². The molecule has 2 fully saturated rings. The van der Waals surface area contributed by atoms with E-state index >= 15 is 0 Å². The van der Waals surface area contributed by atoms with Crippen molar-refractivity contribution in [2.24, 2.45) is 17.4 Å². The number of aliphatic carboxylic acids is 1. The van der Waals surface area contributed by atoms with Crippen molar-refractivity contribution in [2.75, 3.05) is 0 Å². The van der Waals surface area contributed by atoms with Crippen LogP contribution in [0.2, 0.25) is 0 Å². The lowest BCUT2D eigenvalue weighted by molar-refractivity contribution is -0.158. The molecule has 0 aromatic heterocycles. The summed E-state index contributed by atoms with van der Waals surface area (Å²) in [6, 6.07) is -0.880. The number of carbonyl (C=O) groups excluding carboxylic acids is 1. The Bertz CT molecular complexity index is 379. The molecule has 0 heterocycles. The third-order valence-corrected chi connectivity index (χ3v) is 4.64. The highest BCUT2D eigenvalue weighted by atomic mass is 16.5. The number of rotatable bonds is 4. The Kier molecular flexibility index (Phi) is 4.65. The van der Waals surface area contributed by atoms with Gasteiger partial charge in [0.05, 0.1) is 0 Å². The van der Waals surface area contributed by atoms with E-state index in [1.165, 1.54) is 0 Å². The molecular weight excluding hydrogens is 260 g/mol. The lowest BCUT2D eigenvalue weighted by atomic mass is 9.82. The van der Waals surface area contributed by atoms with Crippen LogP contribution in [0.5, 0.6) is 0 Å². The van der Waals surface area contributed by atoms with Crippen LogP contribution in [-0.2, 0) is 14.3 Å². The van der Waals surface area contributed by atoms with E-state index in [0.29, 0.717) is 19.3 Å². The Morgan fingerprint density at radius 1 is 1.20 bits per heavy atom. The summed E-state index contributed by atoms with van der Waals surface area (Å²) in [6.45, 7) is 0. The van der Waals surface area contributed by atoms with E-state index in [9.17, 15) is 9.59 Å². The van der Waals surface area contributed by atoms with Gasteiger partial charge in [-0.25, -0.2) is 0 Å². The molecular formula is C14H24N2O4. The summed E-state index contributed by atoms with van der Waals surface area (Å²) in [5.74, 6) is -1.45. The van der Waals surface area contributed by atoms with Crippen LogP contribution in [0.1, 0.15) is 51.4 Å². The Labute approximate surface area is 118 Å². The third kappa shape index (κ3) is 3.30. The van der Waals surface area contributed by atoms with Gasteiger partial charge in [-0.2, -0.15) is 0 Å². The largest absolute Gasteiger partial charge is 0.480 e. The molecule has 0 aromatic carbocycles. The molecule has 3 unspecified atom stereocenters. The van der Waals surface area contributed by atoms with Gasteiger partial charge < -0.3 is 21.3 Å². The molecule has 2 aliphatic carbocycles. The van der Waals surface area contributed by atoms with Gasteiger partial charge in [-0.15, -0.1) is 0 Å². The van der Waals surface area contributed by atoms with E-state index in [2.05, 4.69) is 0 Å². The average molecular weight is 284 g/mol. The van der Waals surface area contributed by atoms with Crippen LogP contribution < -0.4 is 11.5 Å². The van der Waals surface area contributed by atoms with Crippen molar-refractivity contribution < 1.29 is 19.4 Å². The predicted octanol–water partition coefficient (Wildman–Crippen LogP) is 0.772. The maximum absolute atomic E-state index is 12.2. The Morgan fingerprint density at radius 3 is 2.45 bits per heavy atom. The molecule has 0 aliphatic heterocycles. The predicted molar refractivity (Wildman–Crippen MR) is 72.8 cm³/mol. The topological polar surface area (TPSA) is 116 Å². The zero-order valence-electron chi connectivity index (χ0n) is 11.7. The lowest BCUT2D eigenvalue weighted by Crippen LogP contribution is -2.49. The number of esters is 1. The Morgan fingerprint density at radius 2 is 1.85 bits per heavy atom. The van der Waals surface area contributed by atoms with Gasteiger partial charge in [-0.1, -0.05) is 12.8 Å². The summed E-state index contributed by atoms with van der Waals surface area (Å²) in [5.41, 5.74) is 10.9. The molecule has 0 amide bonds. The second-order valence-electron chi connectivity index (χ2n) is 6.18. The van der Waals surface area contributed by atoms with Crippen LogP contribution in [0.25, 0.3) is 0 Å². The van der Waals surface area contributed by atoms with Crippen molar-refractivity contribution in [1.82, 2.24) is 0 Å². The van der Waals surface area contributed by atoms with Gasteiger partial charge in [-0.05, 0) is 44.4 Å². The second kappa shape index (κ2) is 6.10. The SMILES string of the molecule is NC(C(=O)O)C1CCCC(OC(=O)C2(N)CCCC2)C1. The molecule has 0 aromatic rings. The zero-order valence-corrected chi connectivity index (χ0v) is 11.7. The summed E-state index contributed by atoms with van der Waals surface area (Å²) in [7, 11) is 0. The molecule has 3 atom stereocenters. The van der Waals surface area contributed by atoms with E-state index in [4.69, 9.17) is 21.3 Å². The summed E-state index contributed by atoms with van der Waals surface area (Å²) in [5, 5.41) is 8.96. The smallest absolute Gasteiger partial charge is 0.326 e. The highest BCUT2D eigenvalue weighted by Crippen LogP contribution is 2.32. The fraction of sp³-hybridized carbons (Fsp3) is 0.857. The first kappa shape index (κ1) is 15.3. The lowest BCUT2D eigenvalue weighted by Gasteiger charge is -2.33. The Balaban J connectivity index is 1.89. The van der Waals surface area contributed by atoms with Crippen LogP contribution in [0.15, 0.2) is 0 Å². The normalized spacial score (nSPS) is 30.7. The first-order chi connectivity index (χ1) is 9.42. The van der Waals surface area contributed by atoms with Crippen LogP contribution in [0, 0.1) is 5.92 Å². The number of hydrogen-bond donors (Lipinski definition) is 3. The van der Waals surface area contributed by atoms with Gasteiger partial charge in [0.2, 0.25) is 0 Å². The number of carbonyl (C=O) groups is 2. The molecule has 2 rings (SSSR count). The average Bonchev–Trinajstić information content (AvgIpc) is 2.86. The molecule has 0 spiro atoms. The highest BCUT2D eigenvalue weighted by molar-refractivity contribution is 5.81. The van der Waals surface area contributed by atoms with Crippen molar-refractivity contribution >= 4 is 11.9 Å². The van der Waals surface area contributed by atoms with Crippen LogP contribution >= 0.6 is 0 Å². The molecule has 20 heavy (non-hydrogen) atoms. The van der Waals surface area contributed by atoms with Gasteiger partial charge >= 0.3 is 11.9 Å². The van der Waals surface area contributed by atoms with Crippen molar-refractivity contribution in [1.29, 1.82) is 0 Å². The molecule has 5 N–H and O–H groups in total. The molecule has 6 nitrogen and oxygen atoms in total. The maximum Gasteiger partial charge on any atom is 0.326 e. The number of hydrogen-bond acceptors (Lipinski definition) is 5. The molecule has 6 heteroatoms. The van der Waals surface area contributed by atoms with Gasteiger partial charge in [-0.3, -0.25) is 9.59 Å². The van der Waals surface area contributed by atoms with Crippen molar-refractivity contribution in [2.45, 2.75) is 69.1 Å². The van der Waals surface area contributed by atoms with Crippen LogP contribution in [0.3, 0.4) is 0 Å². The summed E-state index contributed by atoms with van der Waals surface area (Å²) >= 11 is 0. The molecule has 114 valence electrons. The van der Waals surface area contributed by atoms with E-state index in [1.807, 2.05) is 0 Å². The summed E-state index contributed by atoms with van der Waals surface area (Å²) in [6.07, 6.45) is 5.93. The second-order valence-corrected chi connectivity index (χ2v) is 6.18. The Hall–Kier alpha value is -1.14. The monoisotopic (exact) mass is 284 g/mol. The van der Waals surface area contributed by atoms with Crippen molar-refractivity contribution in [3.05, 3.63) is 0 Å². The number of carboxylic acids is 1. The van der Waals surface area contributed by atoms with E-state index in [1.54, 1.807) is 0 Å². The van der Waals surface area contributed by atoms with Gasteiger partial charge in [0.1, 0.15) is 17.7 Å². The molecule has 2 saturated carbocycles. The molecule has 0 radical (unpaired) electrons. The van der Waals surface area contributed by atoms with Crippen LogP contribution in [0.4, 0.5) is 0 Å². The highest BCUT2D eigenvalue weighted by Gasteiger charge is 2.41. The van der Waals surface area contributed by atoms with E-state index < -0.39 is 17.6 Å². The van der Waals surface area contributed by atoms with Crippen LogP contribution in [-0.4, -0.2) is 34.7 Å². The minimum Gasteiger partial charge on any atom is -0.480 e. The first-order valence-corrected chi connectivity index (χ1v) is 7.41.